The summed E-state index contributed by atoms with van der Waals surface area (Å²) in [6.45, 7) is 3.25. The van der Waals surface area contributed by atoms with Crippen LogP contribution in [0.1, 0.15) is 26.7 Å². The van der Waals surface area contributed by atoms with Crippen LogP contribution in [-0.4, -0.2) is 23.8 Å². The van der Waals surface area contributed by atoms with E-state index in [-0.39, 0.29) is 18.7 Å². The number of hydrogen-bond donors (Lipinski definition) is 1. The predicted octanol–water partition coefficient (Wildman–Crippen LogP) is 0.710. The van der Waals surface area contributed by atoms with Crippen LogP contribution in [0.3, 0.4) is 0 Å². The van der Waals surface area contributed by atoms with Crippen LogP contribution in [0.2, 0.25) is 0 Å². The third-order valence-electron chi connectivity index (χ3n) is 1.15. The topological polar surface area (TPSA) is 46.5 Å². The Balaban J connectivity index is 3.49. The van der Waals surface area contributed by atoms with Gasteiger partial charge in [0.1, 0.15) is 6.10 Å². The molecule has 3 nitrogen and oxygen atoms in total. The van der Waals surface area contributed by atoms with Gasteiger partial charge in [0.05, 0.1) is 6.61 Å². The van der Waals surface area contributed by atoms with E-state index in [9.17, 15) is 4.79 Å². The van der Waals surface area contributed by atoms with Gasteiger partial charge in [-0.2, -0.15) is 0 Å². The van der Waals surface area contributed by atoms with Gasteiger partial charge < -0.3 is 9.84 Å². The monoisotopic (exact) mass is 146 g/mol. The summed E-state index contributed by atoms with van der Waals surface area (Å²) in [5.74, 6) is -0.326. The minimum absolute atomic E-state index is 0.0760. The Morgan fingerprint density at radius 1 is 1.70 bits per heavy atom. The second-order valence-corrected chi connectivity index (χ2v) is 2.20. The van der Waals surface area contributed by atoms with Gasteiger partial charge in [0, 0.05) is 6.92 Å². The van der Waals surface area contributed by atoms with Gasteiger partial charge in [-0.1, -0.05) is 13.3 Å². The second kappa shape index (κ2) is 5.23. The number of aliphatic hydroxyl groups is 1. The fourth-order valence-corrected chi connectivity index (χ4v) is 0.744. The van der Waals surface area contributed by atoms with Crippen molar-refractivity contribution in [2.75, 3.05) is 6.61 Å². The summed E-state index contributed by atoms with van der Waals surface area (Å²) in [6.07, 6.45) is 1.34. The van der Waals surface area contributed by atoms with Crippen molar-refractivity contribution in [1.82, 2.24) is 0 Å². The summed E-state index contributed by atoms with van der Waals surface area (Å²) in [4.78, 5) is 10.4. The van der Waals surface area contributed by atoms with E-state index in [1.165, 1.54) is 6.92 Å². The number of ether oxygens (including phenoxy) is 1. The Morgan fingerprint density at radius 2 is 2.30 bits per heavy atom. The smallest absolute Gasteiger partial charge is 0.302 e. The molecule has 1 atom stereocenters. The zero-order chi connectivity index (χ0) is 7.98. The van der Waals surface area contributed by atoms with Crippen molar-refractivity contribution in [3.63, 3.8) is 0 Å². The third kappa shape index (κ3) is 4.32. The van der Waals surface area contributed by atoms with Gasteiger partial charge in [-0.25, -0.2) is 0 Å². The van der Waals surface area contributed by atoms with Gasteiger partial charge in [0.15, 0.2) is 0 Å². The van der Waals surface area contributed by atoms with E-state index in [1.54, 1.807) is 0 Å². The minimum Gasteiger partial charge on any atom is -0.460 e. The lowest BCUT2D eigenvalue weighted by atomic mass is 10.2. The van der Waals surface area contributed by atoms with Crippen LogP contribution < -0.4 is 0 Å². The zero-order valence-electron chi connectivity index (χ0n) is 6.46. The largest absolute Gasteiger partial charge is 0.460 e. The second-order valence-electron chi connectivity index (χ2n) is 2.20. The first-order valence-corrected chi connectivity index (χ1v) is 3.48. The van der Waals surface area contributed by atoms with Gasteiger partial charge in [0.2, 0.25) is 0 Å². The normalized spacial score (nSPS) is 12.7. The van der Waals surface area contributed by atoms with E-state index in [1.807, 2.05) is 6.92 Å². The molecule has 0 saturated carbocycles. The molecule has 1 N–H and O–H groups in total. The zero-order valence-corrected chi connectivity index (χ0v) is 6.46. The summed E-state index contributed by atoms with van der Waals surface area (Å²) < 4.78 is 4.75. The molecular formula is C7H14O3. The van der Waals surface area contributed by atoms with Crippen LogP contribution in [0.5, 0.6) is 0 Å². The minimum atomic E-state index is -0.326. The average molecular weight is 146 g/mol. The van der Waals surface area contributed by atoms with E-state index in [2.05, 4.69) is 0 Å². The molecule has 0 aliphatic carbocycles. The van der Waals surface area contributed by atoms with Crippen molar-refractivity contribution >= 4 is 5.97 Å². The molecule has 0 amide bonds. The van der Waals surface area contributed by atoms with Crippen molar-refractivity contribution in [2.24, 2.45) is 0 Å². The molecule has 0 radical (unpaired) electrons. The Kier molecular flexibility index (Phi) is 4.94. The van der Waals surface area contributed by atoms with Gasteiger partial charge in [-0.15, -0.1) is 0 Å². The van der Waals surface area contributed by atoms with Crippen molar-refractivity contribution in [1.29, 1.82) is 0 Å². The van der Waals surface area contributed by atoms with Crippen LogP contribution in [-0.2, 0) is 9.53 Å². The number of rotatable bonds is 4. The number of carbonyl (C=O) groups excluding carboxylic acids is 1. The SMILES string of the molecule is CCCC(CO)OC(C)=O. The molecule has 3 heteroatoms. The molecule has 0 fully saturated rings. The van der Waals surface area contributed by atoms with E-state index in [0.29, 0.717) is 0 Å². The summed E-state index contributed by atoms with van der Waals surface area (Å²) >= 11 is 0. The molecule has 10 heavy (non-hydrogen) atoms. The summed E-state index contributed by atoms with van der Waals surface area (Å²) in [7, 11) is 0. The maximum atomic E-state index is 10.4. The van der Waals surface area contributed by atoms with E-state index >= 15 is 0 Å². The fraction of sp³-hybridized carbons (Fsp3) is 0.857. The molecular weight excluding hydrogens is 132 g/mol. The maximum absolute atomic E-state index is 10.4. The van der Waals surface area contributed by atoms with Crippen molar-refractivity contribution < 1.29 is 14.6 Å². The first kappa shape index (κ1) is 9.43. The first-order chi connectivity index (χ1) is 4.70. The van der Waals surface area contributed by atoms with Gasteiger partial charge in [0.25, 0.3) is 0 Å². The number of hydrogen-bond acceptors (Lipinski definition) is 3. The summed E-state index contributed by atoms with van der Waals surface area (Å²) in [5.41, 5.74) is 0. The summed E-state index contributed by atoms with van der Waals surface area (Å²) in [5, 5.41) is 8.63. The molecule has 0 aliphatic heterocycles. The molecule has 0 rings (SSSR count). The quantitative estimate of drug-likeness (QED) is 0.594. The van der Waals surface area contributed by atoms with E-state index in [4.69, 9.17) is 9.84 Å². The molecule has 0 saturated heterocycles. The molecule has 0 bridgehead atoms. The Bertz CT molecular complexity index is 101. The van der Waals surface area contributed by atoms with Crippen molar-refractivity contribution in [2.45, 2.75) is 32.8 Å². The van der Waals surface area contributed by atoms with Crippen LogP contribution in [0.15, 0.2) is 0 Å². The lowest BCUT2D eigenvalue weighted by Gasteiger charge is -2.12. The molecule has 0 spiro atoms. The molecule has 60 valence electrons. The highest BCUT2D eigenvalue weighted by molar-refractivity contribution is 5.66. The highest BCUT2D eigenvalue weighted by atomic mass is 16.5. The van der Waals surface area contributed by atoms with Crippen LogP contribution in [0, 0.1) is 0 Å². The molecule has 0 aromatic rings. The van der Waals surface area contributed by atoms with E-state index < -0.39 is 0 Å². The average Bonchev–Trinajstić information content (AvgIpc) is 1.86. The van der Waals surface area contributed by atoms with Gasteiger partial charge in [-0.05, 0) is 6.42 Å². The van der Waals surface area contributed by atoms with Crippen LogP contribution >= 0.6 is 0 Å². The standard InChI is InChI=1S/C7H14O3/c1-3-4-7(5-8)10-6(2)9/h7-8H,3-5H2,1-2H3. The maximum Gasteiger partial charge on any atom is 0.302 e. The number of carbonyl (C=O) groups is 1. The number of esters is 1. The van der Waals surface area contributed by atoms with Gasteiger partial charge in [-0.3, -0.25) is 4.79 Å². The first-order valence-electron chi connectivity index (χ1n) is 3.48. The molecule has 0 heterocycles. The number of aliphatic hydroxyl groups excluding tert-OH is 1. The van der Waals surface area contributed by atoms with Crippen molar-refractivity contribution in [3.05, 3.63) is 0 Å². The molecule has 0 aliphatic rings. The van der Waals surface area contributed by atoms with Crippen LogP contribution in [0.4, 0.5) is 0 Å². The van der Waals surface area contributed by atoms with Gasteiger partial charge >= 0.3 is 5.97 Å². The molecule has 0 aromatic carbocycles. The summed E-state index contributed by atoms with van der Waals surface area (Å²) in [6, 6.07) is 0. The highest BCUT2D eigenvalue weighted by Gasteiger charge is 2.07. The Hall–Kier alpha value is -0.570. The molecule has 1 unspecified atom stereocenters. The highest BCUT2D eigenvalue weighted by Crippen LogP contribution is 2.00. The van der Waals surface area contributed by atoms with Crippen molar-refractivity contribution in [3.8, 4) is 0 Å². The van der Waals surface area contributed by atoms with Crippen LogP contribution in [0.25, 0.3) is 0 Å². The fourth-order valence-electron chi connectivity index (χ4n) is 0.744. The lowest BCUT2D eigenvalue weighted by Crippen LogP contribution is -2.19. The Labute approximate surface area is 61.0 Å². The molecule has 0 aromatic heterocycles. The van der Waals surface area contributed by atoms with E-state index in [0.717, 1.165) is 12.8 Å². The lowest BCUT2D eigenvalue weighted by molar-refractivity contribution is -0.148. The third-order valence-corrected chi connectivity index (χ3v) is 1.15. The predicted molar refractivity (Wildman–Crippen MR) is 37.5 cm³/mol. The Morgan fingerprint density at radius 3 is 2.60 bits per heavy atom.